The molecule has 0 aliphatic carbocycles. The van der Waals surface area contributed by atoms with Gasteiger partial charge < -0.3 is 9.47 Å². The zero-order valence-electron chi connectivity index (χ0n) is 16.8. The van der Waals surface area contributed by atoms with Gasteiger partial charge in [-0.3, -0.25) is 19.3 Å². The van der Waals surface area contributed by atoms with E-state index in [9.17, 15) is 14.4 Å². The third kappa shape index (κ3) is 4.48. The Hall–Kier alpha value is -2.73. The van der Waals surface area contributed by atoms with Gasteiger partial charge in [0.1, 0.15) is 0 Å². The van der Waals surface area contributed by atoms with E-state index in [4.69, 9.17) is 0 Å². The van der Waals surface area contributed by atoms with Gasteiger partial charge in [-0.25, -0.2) is 0 Å². The van der Waals surface area contributed by atoms with Gasteiger partial charge in [0.15, 0.2) is 5.78 Å². The maximum Gasteiger partial charge on any atom is 0.250 e. The normalized spacial score (nSPS) is 20.7. The molecule has 6 nitrogen and oxygen atoms in total. The van der Waals surface area contributed by atoms with Crippen molar-refractivity contribution in [2.45, 2.75) is 31.8 Å². The lowest BCUT2D eigenvalue weighted by Crippen LogP contribution is -2.48. The quantitative estimate of drug-likeness (QED) is 0.703. The molecule has 1 aromatic heterocycles. The third-order valence-corrected chi connectivity index (χ3v) is 5.99. The van der Waals surface area contributed by atoms with Crippen molar-refractivity contribution in [3.63, 3.8) is 0 Å². The summed E-state index contributed by atoms with van der Waals surface area (Å²) in [5.74, 6) is 0.472. The van der Waals surface area contributed by atoms with Gasteiger partial charge >= 0.3 is 0 Å². The average Bonchev–Trinajstić information content (AvgIpc) is 2.69. The first-order valence-electron chi connectivity index (χ1n) is 10.2. The van der Waals surface area contributed by atoms with Gasteiger partial charge in [0, 0.05) is 50.9 Å². The number of fused-ring (bicyclic) bond motifs is 4. The van der Waals surface area contributed by atoms with Crippen molar-refractivity contribution in [2.75, 3.05) is 26.7 Å². The molecular formula is C23H27N3O3. The smallest absolute Gasteiger partial charge is 0.250 e. The van der Waals surface area contributed by atoms with Crippen molar-refractivity contribution in [2.24, 2.45) is 5.92 Å². The minimum atomic E-state index is -0.145. The Balaban J connectivity index is 1.32. The highest BCUT2D eigenvalue weighted by atomic mass is 16.2. The SMILES string of the molecule is CN(Cc1ccccc1)C(=O)CC(=O)CN1C[C@@H]2C[C@H](C1)c1cccc(=O)n1C2. The summed E-state index contributed by atoms with van der Waals surface area (Å²) in [7, 11) is 1.74. The molecule has 6 heteroatoms. The summed E-state index contributed by atoms with van der Waals surface area (Å²) < 4.78 is 1.89. The van der Waals surface area contributed by atoms with Crippen LogP contribution in [0.3, 0.4) is 0 Å². The number of carbonyl (C=O) groups excluding carboxylic acids is 2. The van der Waals surface area contributed by atoms with Gasteiger partial charge in [0.2, 0.25) is 5.91 Å². The molecule has 0 radical (unpaired) electrons. The molecule has 2 aliphatic heterocycles. The number of hydrogen-bond donors (Lipinski definition) is 0. The monoisotopic (exact) mass is 393 g/mol. The molecule has 152 valence electrons. The van der Waals surface area contributed by atoms with Crippen molar-refractivity contribution in [3.05, 3.63) is 70.1 Å². The van der Waals surface area contributed by atoms with E-state index in [1.54, 1.807) is 18.0 Å². The first-order chi connectivity index (χ1) is 14.0. The zero-order valence-corrected chi connectivity index (χ0v) is 16.8. The highest BCUT2D eigenvalue weighted by Gasteiger charge is 2.35. The molecule has 2 aromatic rings. The fraction of sp³-hybridized carbons (Fsp3) is 0.435. The second-order valence-corrected chi connectivity index (χ2v) is 8.34. The molecule has 0 saturated carbocycles. The van der Waals surface area contributed by atoms with E-state index in [1.165, 1.54) is 0 Å². The number of amides is 1. The second kappa shape index (κ2) is 8.33. The average molecular weight is 393 g/mol. The Morgan fingerprint density at radius 2 is 1.83 bits per heavy atom. The minimum absolute atomic E-state index is 0.0414. The molecule has 1 aromatic carbocycles. The van der Waals surface area contributed by atoms with Crippen LogP contribution >= 0.6 is 0 Å². The number of Topliss-reactive ketones (excluding diaryl/α,β-unsaturated/α-hetero) is 1. The van der Waals surface area contributed by atoms with Crippen LogP contribution in [-0.2, 0) is 22.7 Å². The predicted molar refractivity (Wildman–Crippen MR) is 111 cm³/mol. The lowest BCUT2D eigenvalue weighted by Gasteiger charge is -2.42. The number of piperidine rings is 1. The van der Waals surface area contributed by atoms with E-state index >= 15 is 0 Å². The number of likely N-dealkylation sites (tertiary alicyclic amines) is 1. The third-order valence-electron chi connectivity index (χ3n) is 5.99. The van der Waals surface area contributed by atoms with E-state index < -0.39 is 0 Å². The van der Waals surface area contributed by atoms with Crippen LogP contribution in [0, 0.1) is 5.92 Å². The maximum atomic E-state index is 12.6. The largest absolute Gasteiger partial charge is 0.341 e. The van der Waals surface area contributed by atoms with E-state index in [-0.39, 0.29) is 29.6 Å². The molecule has 0 unspecified atom stereocenters. The first-order valence-corrected chi connectivity index (χ1v) is 10.2. The van der Waals surface area contributed by atoms with Gasteiger partial charge in [-0.05, 0) is 24.0 Å². The van der Waals surface area contributed by atoms with Crippen LogP contribution in [0.25, 0.3) is 0 Å². The van der Waals surface area contributed by atoms with E-state index in [0.29, 0.717) is 19.0 Å². The van der Waals surface area contributed by atoms with Crippen LogP contribution in [-0.4, -0.2) is 52.7 Å². The van der Waals surface area contributed by atoms with Gasteiger partial charge in [0.25, 0.3) is 5.56 Å². The Morgan fingerprint density at radius 1 is 1.03 bits per heavy atom. The number of ketones is 1. The van der Waals surface area contributed by atoms with Crippen LogP contribution < -0.4 is 5.56 Å². The first kappa shape index (κ1) is 19.6. The Kier molecular flexibility index (Phi) is 5.62. The molecule has 4 rings (SSSR count). The molecule has 1 amide bonds. The topological polar surface area (TPSA) is 62.6 Å². The van der Waals surface area contributed by atoms with Gasteiger partial charge in [0.05, 0.1) is 13.0 Å². The number of nitrogens with zero attached hydrogens (tertiary/aromatic N) is 3. The summed E-state index contributed by atoms with van der Waals surface area (Å²) in [4.78, 5) is 40.9. The number of aromatic nitrogens is 1. The van der Waals surface area contributed by atoms with Crippen LogP contribution in [0.4, 0.5) is 0 Å². The van der Waals surface area contributed by atoms with E-state index in [2.05, 4.69) is 4.90 Å². The Bertz CT molecular complexity index is 953. The molecule has 3 heterocycles. The number of pyridine rings is 1. The van der Waals surface area contributed by atoms with Gasteiger partial charge in [-0.2, -0.15) is 0 Å². The summed E-state index contributed by atoms with van der Waals surface area (Å²) in [5.41, 5.74) is 2.19. The molecule has 1 saturated heterocycles. The van der Waals surface area contributed by atoms with Crippen LogP contribution in [0.1, 0.15) is 30.0 Å². The van der Waals surface area contributed by atoms with Gasteiger partial charge in [-0.1, -0.05) is 36.4 Å². The fourth-order valence-electron chi connectivity index (χ4n) is 4.68. The van der Waals surface area contributed by atoms with Crippen molar-refractivity contribution < 1.29 is 9.59 Å². The highest BCUT2D eigenvalue weighted by Crippen LogP contribution is 2.34. The Labute approximate surface area is 170 Å². The standard InChI is InChI=1S/C23H27N3O3/c1-24(12-17-6-3-2-4-7-17)23(29)11-20(27)16-25-13-18-10-19(15-25)21-8-5-9-22(28)26(21)14-18/h2-9,18-19H,10-16H2,1H3/t18-,19+/m0/s1. The van der Waals surface area contributed by atoms with E-state index in [0.717, 1.165) is 37.3 Å². The second-order valence-electron chi connectivity index (χ2n) is 8.34. The van der Waals surface area contributed by atoms with Crippen molar-refractivity contribution in [1.29, 1.82) is 0 Å². The summed E-state index contributed by atoms with van der Waals surface area (Å²) >= 11 is 0. The summed E-state index contributed by atoms with van der Waals surface area (Å²) in [5, 5.41) is 0. The molecule has 2 bridgehead atoms. The molecule has 0 N–H and O–H groups in total. The molecule has 2 atom stereocenters. The van der Waals surface area contributed by atoms with Crippen molar-refractivity contribution in [3.8, 4) is 0 Å². The lowest BCUT2D eigenvalue weighted by molar-refractivity contribution is -0.135. The summed E-state index contributed by atoms with van der Waals surface area (Å²) in [6.07, 6.45) is 0.998. The maximum absolute atomic E-state index is 12.6. The molecule has 0 spiro atoms. The minimum Gasteiger partial charge on any atom is -0.341 e. The van der Waals surface area contributed by atoms with Crippen LogP contribution in [0.2, 0.25) is 0 Å². The number of hydrogen-bond acceptors (Lipinski definition) is 4. The fourth-order valence-corrected chi connectivity index (χ4v) is 4.68. The summed E-state index contributed by atoms with van der Waals surface area (Å²) in [6.45, 7) is 3.09. The van der Waals surface area contributed by atoms with E-state index in [1.807, 2.05) is 47.0 Å². The van der Waals surface area contributed by atoms with Gasteiger partial charge in [-0.15, -0.1) is 0 Å². The highest BCUT2D eigenvalue weighted by molar-refractivity contribution is 5.98. The summed E-state index contributed by atoms with van der Waals surface area (Å²) in [6, 6.07) is 15.2. The number of carbonyl (C=O) groups is 2. The van der Waals surface area contributed by atoms with Crippen LogP contribution in [0.5, 0.6) is 0 Å². The number of benzene rings is 1. The van der Waals surface area contributed by atoms with Crippen LogP contribution in [0.15, 0.2) is 53.3 Å². The predicted octanol–water partition coefficient (Wildman–Crippen LogP) is 1.89. The molecular weight excluding hydrogens is 366 g/mol. The Morgan fingerprint density at radius 3 is 2.62 bits per heavy atom. The number of rotatable bonds is 6. The zero-order chi connectivity index (χ0) is 20.4. The molecule has 2 aliphatic rings. The molecule has 1 fully saturated rings. The molecule has 29 heavy (non-hydrogen) atoms. The van der Waals surface area contributed by atoms with Crippen molar-refractivity contribution >= 4 is 11.7 Å². The lowest BCUT2D eigenvalue weighted by atomic mass is 9.83. The van der Waals surface area contributed by atoms with Crippen molar-refractivity contribution in [1.82, 2.24) is 14.4 Å².